The van der Waals surface area contributed by atoms with Gasteiger partial charge >= 0.3 is 0 Å². The summed E-state index contributed by atoms with van der Waals surface area (Å²) in [5.41, 5.74) is 1.96. The molecule has 404 valence electrons. The molecular weight excluding hydrogens is 1060 g/mol. The van der Waals surface area contributed by atoms with Gasteiger partial charge in [0.25, 0.3) is 20.2 Å². The van der Waals surface area contributed by atoms with Crippen LogP contribution in [-0.2, 0) is 66.5 Å². The molecule has 0 aliphatic rings. The van der Waals surface area contributed by atoms with Crippen LogP contribution >= 0.6 is 70.2 Å². The first kappa shape index (κ1) is 68.8. The maximum absolute atomic E-state index is 12.1. The fraction of sp³-hybridized carbons (Fsp3) is 0.733. The van der Waals surface area contributed by atoms with Crippen molar-refractivity contribution in [1.82, 2.24) is 0 Å². The van der Waals surface area contributed by atoms with Gasteiger partial charge in [0, 0.05) is 23.0 Å². The molecule has 0 saturated carbocycles. The minimum absolute atomic E-state index is 0.0357. The first-order valence-corrected chi connectivity index (χ1v) is 31.2. The summed E-state index contributed by atoms with van der Waals surface area (Å²) in [6.07, 6.45) is 2.31. The van der Waals surface area contributed by atoms with E-state index in [2.05, 4.69) is 0 Å². The van der Waals surface area contributed by atoms with Crippen LogP contribution in [0.2, 0.25) is 0 Å². The lowest BCUT2D eigenvalue weighted by atomic mass is 10.2. The normalized spacial score (nSPS) is 11.6. The summed E-state index contributed by atoms with van der Waals surface area (Å²) in [7, 11) is -7.52. The van der Waals surface area contributed by atoms with Gasteiger partial charge in [-0.2, -0.15) is 63.9 Å². The van der Waals surface area contributed by atoms with Crippen molar-refractivity contribution in [2.45, 2.75) is 36.5 Å². The molecule has 0 unspecified atom stereocenters. The molecule has 0 amide bonds. The number of thioether (sulfide) groups is 4. The number of hydrogen-bond acceptors (Lipinski definition) is 20. The molecule has 2 rings (SSSR count). The van der Waals surface area contributed by atoms with E-state index >= 15 is 0 Å². The molecule has 2 aromatic rings. The van der Waals surface area contributed by atoms with Crippen LogP contribution in [-0.4, -0.2) is 211 Å². The molecule has 0 heterocycles. The predicted octanol–water partition coefficient (Wildman–Crippen LogP) is 6.65. The van der Waals surface area contributed by atoms with Gasteiger partial charge in [-0.3, -0.25) is 8.37 Å². The van der Waals surface area contributed by atoms with Gasteiger partial charge in [0.05, 0.1) is 147 Å². The number of aliphatic hydroxyl groups is 2. The Balaban J connectivity index is 0.00000150. The standard InChI is InChI=1S/C29H44O10S4.C15H32O6S2.CH2Cl2/c1-26-4-8-28(9-5-26)42(30,31)38-18-16-34-12-14-36-20-24-40-22-3-23-41-25-21-37-15-13-35-17-19-39-43(32,33)29-10-6-27(2)7-11-29;16-2-4-18-6-8-20-10-14-22-12-1-13-23-15-11-21-9-7-19-5-3-17;2-1-3/h4-11H,3,12-25H2,1-2H3;16-17H,1-15H2;1H2. The Labute approximate surface area is 440 Å². The molecule has 69 heavy (non-hydrogen) atoms. The number of alkyl halides is 2. The van der Waals surface area contributed by atoms with Crippen LogP contribution in [0.4, 0.5) is 0 Å². The summed E-state index contributed by atoms with van der Waals surface area (Å²) >= 11 is 17.0. The molecule has 0 bridgehead atoms. The average Bonchev–Trinajstić information content (AvgIpc) is 3.33. The van der Waals surface area contributed by atoms with E-state index < -0.39 is 20.2 Å². The fourth-order valence-electron chi connectivity index (χ4n) is 4.77. The summed E-state index contributed by atoms with van der Waals surface area (Å²) in [6.45, 7) is 11.8. The number of rotatable bonds is 46. The average molecular weight is 1140 g/mol. The van der Waals surface area contributed by atoms with Gasteiger partial charge in [0.1, 0.15) is 0 Å². The maximum Gasteiger partial charge on any atom is 0.297 e. The Morgan fingerprint density at radius 2 is 0.609 bits per heavy atom. The second-order valence-electron chi connectivity index (χ2n) is 13.8. The Morgan fingerprint density at radius 1 is 0.377 bits per heavy atom. The second-order valence-corrected chi connectivity index (χ2v) is 22.7. The molecule has 2 N–H and O–H groups in total. The van der Waals surface area contributed by atoms with Gasteiger partial charge in [0.15, 0.2) is 0 Å². The quantitative estimate of drug-likeness (QED) is 0.0405. The lowest BCUT2D eigenvalue weighted by Crippen LogP contribution is -2.14. The molecule has 16 nitrogen and oxygen atoms in total. The SMILES string of the molecule is Cc1ccc(S(=O)(=O)OCCOCCOCCSCCCSCCOCCOCCOS(=O)(=O)c2ccc(C)cc2)cc1.ClCCl.OCCOCCOCCSCCCSCCOCCOCCO. The Hall–Kier alpha value is -0.160. The van der Waals surface area contributed by atoms with Gasteiger partial charge in [-0.25, -0.2) is 0 Å². The number of aryl methyl sites for hydroxylation is 2. The third-order valence-electron chi connectivity index (χ3n) is 8.15. The van der Waals surface area contributed by atoms with E-state index in [1.165, 1.54) is 30.7 Å². The lowest BCUT2D eigenvalue weighted by Gasteiger charge is -2.08. The molecular formula is C45H78Cl2O16S6. The van der Waals surface area contributed by atoms with Gasteiger partial charge < -0.3 is 48.1 Å². The van der Waals surface area contributed by atoms with Crippen molar-refractivity contribution in [2.75, 3.05) is 183 Å². The molecule has 24 heteroatoms. The lowest BCUT2D eigenvalue weighted by molar-refractivity contribution is 0.0377. The minimum atomic E-state index is -3.76. The van der Waals surface area contributed by atoms with E-state index in [1.807, 2.05) is 60.9 Å². The Kier molecular flexibility index (Phi) is 51.2. The summed E-state index contributed by atoms with van der Waals surface area (Å²) in [6, 6.07) is 13.0. The highest BCUT2D eigenvalue weighted by Crippen LogP contribution is 2.15. The highest BCUT2D eigenvalue weighted by molar-refractivity contribution is 8.00. The van der Waals surface area contributed by atoms with Crippen molar-refractivity contribution in [2.24, 2.45) is 0 Å². The van der Waals surface area contributed by atoms with E-state index in [-0.39, 0.29) is 54.8 Å². The fourth-order valence-corrected chi connectivity index (χ4v) is 10.1. The van der Waals surface area contributed by atoms with Gasteiger partial charge in [-0.05, 0) is 74.0 Å². The molecule has 0 fully saturated rings. The predicted molar refractivity (Wildman–Crippen MR) is 284 cm³/mol. The smallest absolute Gasteiger partial charge is 0.297 e. The monoisotopic (exact) mass is 1140 g/mol. The summed E-state index contributed by atoms with van der Waals surface area (Å²) in [5.74, 6) is 8.30. The van der Waals surface area contributed by atoms with Crippen LogP contribution in [0.25, 0.3) is 0 Å². The molecule has 0 aliphatic carbocycles. The first-order chi connectivity index (χ1) is 33.5. The van der Waals surface area contributed by atoms with Crippen LogP contribution in [0.3, 0.4) is 0 Å². The van der Waals surface area contributed by atoms with Crippen LogP contribution in [0, 0.1) is 13.8 Å². The van der Waals surface area contributed by atoms with Crippen molar-refractivity contribution >= 4 is 90.5 Å². The summed E-state index contributed by atoms with van der Waals surface area (Å²) < 4.78 is 101. The topological polar surface area (TPSA) is 201 Å². The van der Waals surface area contributed by atoms with Crippen molar-refractivity contribution in [1.29, 1.82) is 0 Å². The number of benzene rings is 2. The van der Waals surface area contributed by atoms with E-state index in [0.29, 0.717) is 79.3 Å². The Morgan fingerprint density at radius 3 is 0.870 bits per heavy atom. The molecule has 0 aliphatic heterocycles. The zero-order valence-corrected chi connectivity index (χ0v) is 46.8. The second kappa shape index (κ2) is 51.3. The van der Waals surface area contributed by atoms with E-state index in [0.717, 1.165) is 76.8 Å². The molecule has 0 spiro atoms. The Bertz CT molecular complexity index is 1490. The van der Waals surface area contributed by atoms with Crippen molar-refractivity contribution in [3.05, 3.63) is 59.7 Å². The third-order valence-corrected chi connectivity index (χ3v) is 14.9. The zero-order valence-electron chi connectivity index (χ0n) is 40.4. The van der Waals surface area contributed by atoms with Gasteiger partial charge in [-0.1, -0.05) is 35.4 Å². The van der Waals surface area contributed by atoms with Crippen LogP contribution in [0.15, 0.2) is 58.3 Å². The van der Waals surface area contributed by atoms with E-state index in [4.69, 9.17) is 79.7 Å². The first-order valence-electron chi connectivity index (χ1n) is 22.7. The van der Waals surface area contributed by atoms with Crippen molar-refractivity contribution in [3.63, 3.8) is 0 Å². The number of ether oxygens (including phenoxy) is 8. The number of aliphatic hydroxyl groups excluding tert-OH is 2. The molecule has 0 saturated heterocycles. The molecule has 0 radical (unpaired) electrons. The number of hydrogen-bond donors (Lipinski definition) is 2. The molecule has 0 atom stereocenters. The molecule has 0 aromatic heterocycles. The van der Waals surface area contributed by atoms with Crippen molar-refractivity contribution in [3.8, 4) is 0 Å². The van der Waals surface area contributed by atoms with Crippen LogP contribution < -0.4 is 0 Å². The molecule has 2 aromatic carbocycles. The van der Waals surface area contributed by atoms with Gasteiger partial charge in [0.2, 0.25) is 0 Å². The largest absolute Gasteiger partial charge is 0.394 e. The van der Waals surface area contributed by atoms with Crippen LogP contribution in [0.1, 0.15) is 24.0 Å². The minimum Gasteiger partial charge on any atom is -0.394 e. The maximum atomic E-state index is 12.1. The summed E-state index contributed by atoms with van der Waals surface area (Å²) in [5, 5.41) is 17.2. The van der Waals surface area contributed by atoms with Gasteiger partial charge in [-0.15, -0.1) is 23.2 Å². The summed E-state index contributed by atoms with van der Waals surface area (Å²) in [4.78, 5) is 0.279. The zero-order chi connectivity index (χ0) is 50.8. The number of halogens is 2. The third kappa shape index (κ3) is 46.1. The van der Waals surface area contributed by atoms with E-state index in [9.17, 15) is 16.8 Å². The van der Waals surface area contributed by atoms with Crippen LogP contribution in [0.5, 0.6) is 0 Å². The van der Waals surface area contributed by atoms with E-state index in [1.54, 1.807) is 24.3 Å². The van der Waals surface area contributed by atoms with Crippen molar-refractivity contribution < 1.29 is 73.3 Å². The highest BCUT2D eigenvalue weighted by Gasteiger charge is 2.15. The highest BCUT2D eigenvalue weighted by atomic mass is 35.5.